The zero-order valence-corrected chi connectivity index (χ0v) is 14.1. The van der Waals surface area contributed by atoms with Gasteiger partial charge in [-0.15, -0.1) is 0 Å². The Morgan fingerprint density at radius 1 is 1.24 bits per heavy atom. The minimum Gasteiger partial charge on any atom is -0.494 e. The Morgan fingerprint density at radius 2 is 2.05 bits per heavy atom. The summed E-state index contributed by atoms with van der Waals surface area (Å²) in [7, 11) is 1.61. The van der Waals surface area contributed by atoms with Crippen molar-refractivity contribution in [2.24, 2.45) is 0 Å². The topological polar surface area (TPSA) is 51.2 Å². The van der Waals surface area contributed by atoms with E-state index in [1.807, 2.05) is 36.4 Å². The number of ether oxygens (including phenoxy) is 1. The molecule has 1 aromatic heterocycles. The molecule has 0 spiro atoms. The number of rotatable bonds is 3. The lowest BCUT2D eigenvalue weighted by molar-refractivity contribution is 0.102. The fourth-order valence-corrected chi connectivity index (χ4v) is 3.46. The molecular weight excluding hydrogens is 399 g/mol. The quantitative estimate of drug-likeness (QED) is 0.660. The van der Waals surface area contributed by atoms with Crippen molar-refractivity contribution in [3.63, 3.8) is 0 Å². The molecule has 106 valence electrons. The van der Waals surface area contributed by atoms with Gasteiger partial charge in [-0.25, -0.2) is 4.98 Å². The molecule has 0 atom stereocenters. The normalized spacial score (nSPS) is 10.6. The van der Waals surface area contributed by atoms with Crippen LogP contribution in [0.25, 0.3) is 10.2 Å². The lowest BCUT2D eigenvalue weighted by Crippen LogP contribution is -2.12. The van der Waals surface area contributed by atoms with Crippen molar-refractivity contribution >= 4 is 55.2 Å². The highest BCUT2D eigenvalue weighted by Gasteiger charge is 2.13. The van der Waals surface area contributed by atoms with Crippen molar-refractivity contribution < 1.29 is 9.53 Å². The number of methoxy groups -OCH3 is 1. The molecule has 4 nitrogen and oxygen atoms in total. The maximum atomic E-state index is 12.3. The van der Waals surface area contributed by atoms with E-state index in [-0.39, 0.29) is 5.91 Å². The number of halogens is 1. The van der Waals surface area contributed by atoms with Gasteiger partial charge in [0.2, 0.25) is 0 Å². The van der Waals surface area contributed by atoms with Crippen molar-refractivity contribution in [2.75, 3.05) is 12.4 Å². The number of para-hydroxylation sites is 1. The van der Waals surface area contributed by atoms with Crippen LogP contribution in [-0.4, -0.2) is 18.0 Å². The second-order valence-electron chi connectivity index (χ2n) is 4.26. The summed E-state index contributed by atoms with van der Waals surface area (Å²) >= 11 is 3.58. The van der Waals surface area contributed by atoms with E-state index in [4.69, 9.17) is 4.74 Å². The van der Waals surface area contributed by atoms with Gasteiger partial charge in [0, 0.05) is 3.57 Å². The number of aromatic nitrogens is 1. The molecule has 0 aliphatic rings. The van der Waals surface area contributed by atoms with E-state index in [9.17, 15) is 4.79 Å². The predicted molar refractivity (Wildman–Crippen MR) is 93.3 cm³/mol. The SMILES string of the molecule is COc1cccc2sc(NC(=O)c3ccccc3I)nc12. The van der Waals surface area contributed by atoms with Crippen LogP contribution in [0, 0.1) is 3.57 Å². The molecule has 0 fully saturated rings. The maximum absolute atomic E-state index is 12.3. The summed E-state index contributed by atoms with van der Waals surface area (Å²) in [6.07, 6.45) is 0. The molecule has 3 rings (SSSR count). The number of benzene rings is 2. The second kappa shape index (κ2) is 5.98. The van der Waals surface area contributed by atoms with Gasteiger partial charge in [0.05, 0.1) is 17.4 Å². The fraction of sp³-hybridized carbons (Fsp3) is 0.0667. The zero-order chi connectivity index (χ0) is 14.8. The van der Waals surface area contributed by atoms with Crippen molar-refractivity contribution in [1.29, 1.82) is 0 Å². The van der Waals surface area contributed by atoms with E-state index < -0.39 is 0 Å². The van der Waals surface area contributed by atoms with Crippen LogP contribution in [0.3, 0.4) is 0 Å². The van der Waals surface area contributed by atoms with Crippen LogP contribution < -0.4 is 10.1 Å². The molecule has 0 saturated carbocycles. The lowest BCUT2D eigenvalue weighted by atomic mass is 10.2. The molecule has 0 bridgehead atoms. The second-order valence-corrected chi connectivity index (χ2v) is 6.45. The maximum Gasteiger partial charge on any atom is 0.258 e. The Bertz CT molecular complexity index is 816. The summed E-state index contributed by atoms with van der Waals surface area (Å²) in [4.78, 5) is 16.7. The Hall–Kier alpha value is -1.67. The molecule has 21 heavy (non-hydrogen) atoms. The largest absolute Gasteiger partial charge is 0.494 e. The van der Waals surface area contributed by atoms with E-state index in [2.05, 4.69) is 32.9 Å². The Balaban J connectivity index is 1.92. The number of nitrogens with one attached hydrogen (secondary N) is 1. The summed E-state index contributed by atoms with van der Waals surface area (Å²) < 4.78 is 7.17. The third-order valence-corrected chi connectivity index (χ3v) is 4.82. The van der Waals surface area contributed by atoms with Crippen molar-refractivity contribution in [3.8, 4) is 5.75 Å². The molecule has 1 heterocycles. The molecule has 6 heteroatoms. The van der Waals surface area contributed by atoms with Crippen LogP contribution in [0.5, 0.6) is 5.75 Å². The summed E-state index contributed by atoms with van der Waals surface area (Å²) in [5.41, 5.74) is 1.41. The third-order valence-electron chi connectivity index (χ3n) is 2.94. The van der Waals surface area contributed by atoms with Crippen LogP contribution >= 0.6 is 33.9 Å². The summed E-state index contributed by atoms with van der Waals surface area (Å²) in [5, 5.41) is 3.42. The van der Waals surface area contributed by atoms with E-state index in [1.54, 1.807) is 13.2 Å². The molecule has 0 aliphatic heterocycles. The number of carbonyl (C=O) groups excluding carboxylic acids is 1. The molecule has 0 aliphatic carbocycles. The van der Waals surface area contributed by atoms with Gasteiger partial charge in [-0.3, -0.25) is 10.1 Å². The van der Waals surface area contributed by atoms with Crippen LogP contribution in [0.4, 0.5) is 5.13 Å². The number of thiazole rings is 1. The van der Waals surface area contributed by atoms with E-state index in [1.165, 1.54) is 11.3 Å². The minimum atomic E-state index is -0.155. The average molecular weight is 410 g/mol. The average Bonchev–Trinajstić information content (AvgIpc) is 2.89. The first-order valence-corrected chi connectivity index (χ1v) is 8.08. The van der Waals surface area contributed by atoms with E-state index in [0.717, 1.165) is 13.8 Å². The van der Waals surface area contributed by atoms with Gasteiger partial charge in [0.15, 0.2) is 5.13 Å². The molecule has 0 radical (unpaired) electrons. The van der Waals surface area contributed by atoms with Gasteiger partial charge in [-0.05, 0) is 46.9 Å². The molecule has 0 unspecified atom stereocenters. The number of nitrogens with zero attached hydrogens (tertiary/aromatic N) is 1. The number of anilines is 1. The summed E-state index contributed by atoms with van der Waals surface area (Å²) in [5.74, 6) is 0.552. The van der Waals surface area contributed by atoms with E-state index >= 15 is 0 Å². The van der Waals surface area contributed by atoms with Crippen LogP contribution in [0.2, 0.25) is 0 Å². The number of carbonyl (C=O) groups is 1. The van der Waals surface area contributed by atoms with Gasteiger partial charge < -0.3 is 4.74 Å². The minimum absolute atomic E-state index is 0.155. The fourth-order valence-electron chi connectivity index (χ4n) is 1.95. The molecule has 3 aromatic rings. The summed E-state index contributed by atoms with van der Waals surface area (Å²) in [6, 6.07) is 13.2. The Kier molecular flexibility index (Phi) is 4.07. The Morgan fingerprint density at radius 3 is 2.81 bits per heavy atom. The third kappa shape index (κ3) is 2.86. The van der Waals surface area contributed by atoms with Gasteiger partial charge in [-0.1, -0.05) is 29.5 Å². The Labute approximate surface area is 139 Å². The number of amides is 1. The molecular formula is C15H11IN2O2S. The molecule has 0 saturated heterocycles. The summed E-state index contributed by atoms with van der Waals surface area (Å²) in [6.45, 7) is 0. The first-order valence-electron chi connectivity index (χ1n) is 6.18. The molecule has 1 N–H and O–H groups in total. The molecule has 2 aromatic carbocycles. The highest BCUT2D eigenvalue weighted by atomic mass is 127. The van der Waals surface area contributed by atoms with Crippen LogP contribution in [0.15, 0.2) is 42.5 Å². The highest BCUT2D eigenvalue weighted by Crippen LogP contribution is 2.32. The van der Waals surface area contributed by atoms with Gasteiger partial charge in [0.1, 0.15) is 11.3 Å². The van der Waals surface area contributed by atoms with Crippen LogP contribution in [0.1, 0.15) is 10.4 Å². The smallest absolute Gasteiger partial charge is 0.258 e. The first kappa shape index (κ1) is 14.3. The van der Waals surface area contributed by atoms with Crippen molar-refractivity contribution in [2.45, 2.75) is 0 Å². The first-order chi connectivity index (χ1) is 10.2. The predicted octanol–water partition coefficient (Wildman–Crippen LogP) is 4.16. The van der Waals surface area contributed by atoms with Gasteiger partial charge >= 0.3 is 0 Å². The number of fused-ring (bicyclic) bond motifs is 1. The number of hydrogen-bond donors (Lipinski definition) is 1. The van der Waals surface area contributed by atoms with Gasteiger partial charge in [0.25, 0.3) is 5.91 Å². The molecule has 1 amide bonds. The van der Waals surface area contributed by atoms with Crippen LogP contribution in [-0.2, 0) is 0 Å². The zero-order valence-electron chi connectivity index (χ0n) is 11.1. The van der Waals surface area contributed by atoms with E-state index in [0.29, 0.717) is 16.4 Å². The number of hydrogen-bond acceptors (Lipinski definition) is 4. The van der Waals surface area contributed by atoms with Crippen molar-refractivity contribution in [1.82, 2.24) is 4.98 Å². The van der Waals surface area contributed by atoms with Gasteiger partial charge in [-0.2, -0.15) is 0 Å². The standard InChI is InChI=1S/C15H11IN2O2S/c1-20-11-7-4-8-12-13(11)17-15(21-12)18-14(19)9-5-2-3-6-10(9)16/h2-8H,1H3,(H,17,18,19). The highest BCUT2D eigenvalue weighted by molar-refractivity contribution is 14.1. The van der Waals surface area contributed by atoms with Crippen molar-refractivity contribution in [3.05, 3.63) is 51.6 Å². The lowest BCUT2D eigenvalue weighted by Gasteiger charge is -2.03. The monoisotopic (exact) mass is 410 g/mol.